The van der Waals surface area contributed by atoms with Gasteiger partial charge in [0.05, 0.1) is 19.5 Å². The predicted molar refractivity (Wildman–Crippen MR) is 89.5 cm³/mol. The molecule has 24 heavy (non-hydrogen) atoms. The van der Waals surface area contributed by atoms with Crippen LogP contribution in [0.1, 0.15) is 16.1 Å². The van der Waals surface area contributed by atoms with Gasteiger partial charge in [0.1, 0.15) is 0 Å². The fourth-order valence-electron chi connectivity index (χ4n) is 3.91. The smallest absolute Gasteiger partial charge is 0.286 e. The molecular formula is C19H22N2O3. The summed E-state index contributed by atoms with van der Waals surface area (Å²) < 4.78 is 10.9. The molecule has 5 heteroatoms. The van der Waals surface area contributed by atoms with Gasteiger partial charge in [-0.25, -0.2) is 0 Å². The Labute approximate surface area is 141 Å². The first kappa shape index (κ1) is 15.4. The van der Waals surface area contributed by atoms with Crippen LogP contribution in [0.5, 0.6) is 0 Å². The van der Waals surface area contributed by atoms with Gasteiger partial charge in [0, 0.05) is 37.5 Å². The number of rotatable bonds is 5. The van der Waals surface area contributed by atoms with Gasteiger partial charge in [-0.2, -0.15) is 0 Å². The van der Waals surface area contributed by atoms with Crippen molar-refractivity contribution in [2.24, 2.45) is 11.3 Å². The van der Waals surface area contributed by atoms with E-state index in [-0.39, 0.29) is 11.3 Å². The lowest BCUT2D eigenvalue weighted by Gasteiger charge is -2.27. The first-order valence-electron chi connectivity index (χ1n) is 8.41. The maximum atomic E-state index is 12.2. The molecule has 5 nitrogen and oxygen atoms in total. The maximum absolute atomic E-state index is 12.2. The van der Waals surface area contributed by atoms with Crippen LogP contribution in [0.25, 0.3) is 0 Å². The number of fused-ring (bicyclic) bond motifs is 1. The normalized spacial score (nSPS) is 26.4. The Morgan fingerprint density at radius 2 is 2.12 bits per heavy atom. The lowest BCUT2D eigenvalue weighted by Crippen LogP contribution is -2.43. The first-order valence-corrected chi connectivity index (χ1v) is 8.41. The highest BCUT2D eigenvalue weighted by atomic mass is 16.5. The monoisotopic (exact) mass is 326 g/mol. The zero-order chi connectivity index (χ0) is 16.4. The molecule has 2 saturated heterocycles. The summed E-state index contributed by atoms with van der Waals surface area (Å²) in [6, 6.07) is 13.9. The molecule has 1 aromatic carbocycles. The molecule has 2 aromatic rings. The van der Waals surface area contributed by atoms with Crippen molar-refractivity contribution < 1.29 is 13.9 Å². The number of benzene rings is 1. The van der Waals surface area contributed by atoms with Crippen LogP contribution < -0.4 is 5.32 Å². The van der Waals surface area contributed by atoms with Gasteiger partial charge in [0.15, 0.2) is 5.76 Å². The van der Waals surface area contributed by atoms with E-state index in [2.05, 4.69) is 34.5 Å². The van der Waals surface area contributed by atoms with Crippen LogP contribution >= 0.6 is 0 Å². The van der Waals surface area contributed by atoms with Gasteiger partial charge in [-0.3, -0.25) is 9.69 Å². The number of nitrogens with zero attached hydrogens (tertiary/aromatic N) is 1. The summed E-state index contributed by atoms with van der Waals surface area (Å²) in [6.07, 6.45) is 1.52. The Hall–Kier alpha value is -2.11. The van der Waals surface area contributed by atoms with Crippen molar-refractivity contribution >= 4 is 5.91 Å². The molecular weight excluding hydrogens is 304 g/mol. The van der Waals surface area contributed by atoms with Gasteiger partial charge in [-0.15, -0.1) is 0 Å². The number of amides is 1. The highest BCUT2D eigenvalue weighted by molar-refractivity contribution is 5.91. The molecule has 0 aliphatic carbocycles. The molecule has 2 aliphatic rings. The highest BCUT2D eigenvalue weighted by Crippen LogP contribution is 2.41. The number of nitrogens with one attached hydrogen (secondary N) is 1. The third kappa shape index (κ3) is 2.97. The summed E-state index contributed by atoms with van der Waals surface area (Å²) in [5, 5.41) is 3.03. The summed E-state index contributed by atoms with van der Waals surface area (Å²) in [4.78, 5) is 14.6. The number of likely N-dealkylation sites (tertiary alicyclic amines) is 1. The minimum atomic E-state index is -0.151. The summed E-state index contributed by atoms with van der Waals surface area (Å²) in [5.41, 5.74) is 1.34. The van der Waals surface area contributed by atoms with Gasteiger partial charge < -0.3 is 14.5 Å². The van der Waals surface area contributed by atoms with E-state index < -0.39 is 0 Å². The molecule has 1 N–H and O–H groups in total. The van der Waals surface area contributed by atoms with Crippen LogP contribution in [0.15, 0.2) is 53.1 Å². The average Bonchev–Trinajstić information content (AvgIpc) is 3.29. The molecule has 0 radical (unpaired) electrons. The molecule has 1 amide bonds. The van der Waals surface area contributed by atoms with Crippen molar-refractivity contribution in [3.63, 3.8) is 0 Å². The van der Waals surface area contributed by atoms with Crippen LogP contribution in [0, 0.1) is 11.3 Å². The summed E-state index contributed by atoms with van der Waals surface area (Å²) in [6.45, 7) is 5.04. The largest absolute Gasteiger partial charge is 0.459 e. The zero-order valence-electron chi connectivity index (χ0n) is 13.6. The van der Waals surface area contributed by atoms with Gasteiger partial charge >= 0.3 is 0 Å². The molecule has 3 heterocycles. The van der Waals surface area contributed by atoms with E-state index in [1.54, 1.807) is 12.1 Å². The second-order valence-electron chi connectivity index (χ2n) is 6.89. The highest BCUT2D eigenvalue weighted by Gasteiger charge is 2.50. The fraction of sp³-hybridized carbons (Fsp3) is 0.421. The number of hydrogen-bond acceptors (Lipinski definition) is 4. The molecule has 0 saturated carbocycles. The second-order valence-corrected chi connectivity index (χ2v) is 6.89. The molecule has 2 aliphatic heterocycles. The van der Waals surface area contributed by atoms with Crippen molar-refractivity contribution in [2.75, 3.05) is 32.8 Å². The standard InChI is InChI=1S/C19H22N2O3/c22-18(17-7-4-8-24-17)20-12-19-13-21(10-16(19)11-23-14-19)9-15-5-2-1-3-6-15/h1-8,16H,9-14H2,(H,20,22)/t16-,19+/m0/s1. The number of ether oxygens (including phenoxy) is 1. The maximum Gasteiger partial charge on any atom is 0.286 e. The fourth-order valence-corrected chi connectivity index (χ4v) is 3.91. The number of furan rings is 1. The molecule has 0 bridgehead atoms. The summed E-state index contributed by atoms with van der Waals surface area (Å²) in [7, 11) is 0. The van der Waals surface area contributed by atoms with Crippen molar-refractivity contribution in [2.45, 2.75) is 6.54 Å². The quantitative estimate of drug-likeness (QED) is 0.915. The van der Waals surface area contributed by atoms with Gasteiger partial charge in [0.25, 0.3) is 5.91 Å². The molecule has 2 atom stereocenters. The van der Waals surface area contributed by atoms with E-state index in [0.717, 1.165) is 26.2 Å². The molecule has 2 fully saturated rings. The Morgan fingerprint density at radius 1 is 1.25 bits per heavy atom. The molecule has 126 valence electrons. The van der Waals surface area contributed by atoms with Crippen LogP contribution in [0.3, 0.4) is 0 Å². The lowest BCUT2D eigenvalue weighted by molar-refractivity contribution is 0.0878. The van der Waals surface area contributed by atoms with Gasteiger partial charge in [-0.05, 0) is 17.7 Å². The van der Waals surface area contributed by atoms with Crippen LogP contribution in [-0.2, 0) is 11.3 Å². The van der Waals surface area contributed by atoms with Crippen LogP contribution in [-0.4, -0.2) is 43.7 Å². The molecule has 0 unspecified atom stereocenters. The van der Waals surface area contributed by atoms with Gasteiger partial charge in [0.2, 0.25) is 0 Å². The third-order valence-corrected chi connectivity index (χ3v) is 5.19. The van der Waals surface area contributed by atoms with Crippen LogP contribution in [0.2, 0.25) is 0 Å². The van der Waals surface area contributed by atoms with Crippen molar-refractivity contribution in [3.05, 3.63) is 60.1 Å². The topological polar surface area (TPSA) is 54.7 Å². The van der Waals surface area contributed by atoms with Crippen molar-refractivity contribution in [1.29, 1.82) is 0 Å². The Bertz CT molecular complexity index is 686. The van der Waals surface area contributed by atoms with Crippen molar-refractivity contribution in [1.82, 2.24) is 10.2 Å². The minimum absolute atomic E-state index is 0.0109. The Kier molecular flexibility index (Phi) is 4.12. The third-order valence-electron chi connectivity index (χ3n) is 5.19. The first-order chi connectivity index (χ1) is 11.8. The average molecular weight is 326 g/mol. The van der Waals surface area contributed by atoms with Crippen molar-refractivity contribution in [3.8, 4) is 0 Å². The molecule has 0 spiro atoms. The van der Waals surface area contributed by atoms with E-state index in [1.807, 2.05) is 6.07 Å². The SMILES string of the molecule is O=C(NC[C@@]12COC[C@@H]1CN(Cc1ccccc1)C2)c1ccco1. The Balaban J connectivity index is 1.40. The second kappa shape index (κ2) is 6.42. The van der Waals surface area contributed by atoms with Gasteiger partial charge in [-0.1, -0.05) is 30.3 Å². The van der Waals surface area contributed by atoms with E-state index in [1.165, 1.54) is 11.8 Å². The number of carbonyl (C=O) groups is 1. The number of carbonyl (C=O) groups excluding carboxylic acids is 1. The van der Waals surface area contributed by atoms with E-state index in [0.29, 0.717) is 24.8 Å². The summed E-state index contributed by atoms with van der Waals surface area (Å²) in [5.74, 6) is 0.681. The van der Waals surface area contributed by atoms with E-state index in [9.17, 15) is 4.79 Å². The molecule has 1 aromatic heterocycles. The zero-order valence-corrected chi connectivity index (χ0v) is 13.6. The number of hydrogen-bond donors (Lipinski definition) is 1. The van der Waals surface area contributed by atoms with E-state index >= 15 is 0 Å². The predicted octanol–water partition coefficient (Wildman–Crippen LogP) is 2.16. The Morgan fingerprint density at radius 3 is 2.92 bits per heavy atom. The summed E-state index contributed by atoms with van der Waals surface area (Å²) >= 11 is 0. The minimum Gasteiger partial charge on any atom is -0.459 e. The van der Waals surface area contributed by atoms with E-state index in [4.69, 9.17) is 9.15 Å². The lowest BCUT2D eigenvalue weighted by atomic mass is 9.81. The van der Waals surface area contributed by atoms with Crippen LogP contribution in [0.4, 0.5) is 0 Å². The molecule has 4 rings (SSSR count).